The van der Waals surface area contributed by atoms with Gasteiger partial charge in [-0.25, -0.2) is 4.85 Å². The fourth-order valence-corrected chi connectivity index (χ4v) is 4.49. The Morgan fingerprint density at radius 3 is 2.40 bits per heavy atom. The highest BCUT2D eigenvalue weighted by Crippen LogP contribution is 2.48. The highest BCUT2D eigenvalue weighted by molar-refractivity contribution is 7.81. The Morgan fingerprint density at radius 2 is 1.87 bits per heavy atom. The predicted octanol–water partition coefficient (Wildman–Crippen LogP) is 4.11. The first kappa shape index (κ1) is 19.8. The zero-order valence-corrected chi connectivity index (χ0v) is 17.3. The summed E-state index contributed by atoms with van der Waals surface area (Å²) in [7, 11) is 0. The van der Waals surface area contributed by atoms with Crippen molar-refractivity contribution in [2.24, 2.45) is 5.73 Å². The fraction of sp³-hybridized carbons (Fsp3) is 0.217. The van der Waals surface area contributed by atoms with Crippen molar-refractivity contribution in [2.75, 3.05) is 9.80 Å². The molecule has 2 amide bonds. The number of benzene rings is 2. The smallest absolute Gasteiger partial charge is 0.259 e. The lowest BCUT2D eigenvalue weighted by Gasteiger charge is -2.43. The minimum Gasteiger partial charge on any atom is -0.366 e. The van der Waals surface area contributed by atoms with Crippen LogP contribution in [0, 0.1) is 13.5 Å². The van der Waals surface area contributed by atoms with Crippen molar-refractivity contribution in [3.05, 3.63) is 71.1 Å². The molecule has 1 aliphatic heterocycles. The predicted molar refractivity (Wildman–Crippen MR) is 121 cm³/mol. The largest absolute Gasteiger partial charge is 0.366 e. The Labute approximate surface area is 180 Å². The second-order valence-corrected chi connectivity index (χ2v) is 7.92. The molecule has 1 saturated carbocycles. The Balaban J connectivity index is 1.71. The van der Waals surface area contributed by atoms with Crippen LogP contribution in [0.2, 0.25) is 0 Å². The number of hydrogen-bond acceptors (Lipinski definition) is 3. The van der Waals surface area contributed by atoms with Gasteiger partial charge in [0.05, 0.1) is 6.57 Å². The van der Waals surface area contributed by atoms with Crippen LogP contribution in [0.4, 0.5) is 17.1 Å². The number of carbonyl (C=O) groups is 2. The summed E-state index contributed by atoms with van der Waals surface area (Å²) < 4.78 is 0. The summed E-state index contributed by atoms with van der Waals surface area (Å²) in [6, 6.07) is 12.9. The Morgan fingerprint density at radius 1 is 1.20 bits per heavy atom. The lowest BCUT2D eigenvalue weighted by molar-refractivity contribution is -0.124. The topological polar surface area (TPSA) is 71.0 Å². The van der Waals surface area contributed by atoms with Crippen LogP contribution in [0.3, 0.4) is 0 Å². The number of primary amides is 1. The van der Waals surface area contributed by atoms with Gasteiger partial charge >= 0.3 is 0 Å². The molecular weight excluding hydrogens is 396 g/mol. The number of aryl methyl sites for hydroxylation is 1. The number of thiocarbonyl (C=S) groups is 1. The molecule has 2 N–H and O–H groups in total. The molecule has 2 aromatic rings. The van der Waals surface area contributed by atoms with Gasteiger partial charge in [0.1, 0.15) is 5.54 Å². The highest BCUT2D eigenvalue weighted by Gasteiger charge is 2.59. The van der Waals surface area contributed by atoms with Crippen LogP contribution in [0.25, 0.3) is 10.9 Å². The number of amides is 2. The number of carbonyl (C=O) groups excluding carboxylic acids is 2. The monoisotopic (exact) mass is 416 g/mol. The molecule has 2 fully saturated rings. The Bertz CT molecular complexity index is 1130. The highest BCUT2D eigenvalue weighted by atomic mass is 32.1. The molecule has 0 atom stereocenters. The summed E-state index contributed by atoms with van der Waals surface area (Å²) in [5.41, 5.74) is 8.22. The SMILES string of the molecule is [C-]#[N+]c1ccc(N2C(=O)C3(CCC3)N(c3ccc(/C=C/C(N)=O)cc3)C2=S)cc1C. The van der Waals surface area contributed by atoms with Gasteiger partial charge in [0.15, 0.2) is 10.8 Å². The molecule has 0 aromatic heterocycles. The summed E-state index contributed by atoms with van der Waals surface area (Å²) in [6.07, 6.45) is 5.40. The maximum absolute atomic E-state index is 13.5. The Hall–Kier alpha value is -3.50. The lowest BCUT2D eigenvalue weighted by atomic mass is 9.75. The molecule has 0 unspecified atom stereocenters. The van der Waals surface area contributed by atoms with Gasteiger partial charge in [0, 0.05) is 17.5 Å². The van der Waals surface area contributed by atoms with Gasteiger partial charge in [0.2, 0.25) is 5.91 Å². The van der Waals surface area contributed by atoms with Gasteiger partial charge in [-0.05, 0) is 79.9 Å². The molecular formula is C23H20N4O2S. The van der Waals surface area contributed by atoms with E-state index in [1.165, 1.54) is 6.08 Å². The molecule has 30 heavy (non-hydrogen) atoms. The van der Waals surface area contributed by atoms with Crippen LogP contribution in [-0.2, 0) is 9.59 Å². The number of rotatable bonds is 4. The first-order valence-corrected chi connectivity index (χ1v) is 10.0. The van der Waals surface area contributed by atoms with E-state index in [1.807, 2.05) is 42.2 Å². The van der Waals surface area contributed by atoms with Crippen molar-refractivity contribution >= 4 is 52.3 Å². The molecule has 150 valence electrons. The van der Waals surface area contributed by atoms with Crippen molar-refractivity contribution in [3.8, 4) is 0 Å². The normalized spacial score (nSPS) is 17.5. The molecule has 0 bridgehead atoms. The molecule has 1 spiro atoms. The molecule has 7 heteroatoms. The number of hydrogen-bond donors (Lipinski definition) is 1. The third kappa shape index (κ3) is 3.06. The third-order valence-electron chi connectivity index (χ3n) is 5.74. The van der Waals surface area contributed by atoms with E-state index >= 15 is 0 Å². The van der Waals surface area contributed by atoms with E-state index in [0.717, 1.165) is 36.1 Å². The van der Waals surface area contributed by atoms with Crippen molar-refractivity contribution in [1.82, 2.24) is 0 Å². The van der Waals surface area contributed by atoms with Gasteiger partial charge in [0.25, 0.3) is 5.91 Å². The number of anilines is 2. The maximum Gasteiger partial charge on any atom is 0.259 e. The van der Waals surface area contributed by atoms with E-state index in [0.29, 0.717) is 16.5 Å². The summed E-state index contributed by atoms with van der Waals surface area (Å²) in [6.45, 7) is 9.10. The number of nitrogens with zero attached hydrogens (tertiary/aromatic N) is 3. The standard InChI is InChI=1S/C23H20N4O2S/c1-15-14-18(9-10-19(15)25-2)26-21(29)23(12-3-13-23)27(22(26)30)17-7-4-16(5-8-17)6-11-20(24)28/h4-11,14H,3,12-13H2,1H3,(H2,24,28)/b11-6+. The summed E-state index contributed by atoms with van der Waals surface area (Å²) in [4.78, 5) is 31.5. The quantitative estimate of drug-likeness (QED) is 0.463. The van der Waals surface area contributed by atoms with E-state index in [-0.39, 0.29) is 5.91 Å². The zero-order valence-electron chi connectivity index (χ0n) is 16.5. The molecule has 0 radical (unpaired) electrons. The van der Waals surface area contributed by atoms with Gasteiger partial charge in [-0.1, -0.05) is 18.2 Å². The lowest BCUT2D eigenvalue weighted by Crippen LogP contribution is -2.55. The molecule has 1 aliphatic carbocycles. The summed E-state index contributed by atoms with van der Waals surface area (Å²) in [5, 5.41) is 0.440. The molecule has 2 aromatic carbocycles. The van der Waals surface area contributed by atoms with Gasteiger partial charge in [-0.3, -0.25) is 14.5 Å². The van der Waals surface area contributed by atoms with E-state index in [1.54, 1.807) is 23.1 Å². The molecule has 1 heterocycles. The third-order valence-corrected chi connectivity index (χ3v) is 6.11. The van der Waals surface area contributed by atoms with Crippen LogP contribution in [0.5, 0.6) is 0 Å². The maximum atomic E-state index is 13.5. The average Bonchev–Trinajstić information content (AvgIpc) is 2.93. The zero-order chi connectivity index (χ0) is 21.5. The van der Waals surface area contributed by atoms with Crippen molar-refractivity contribution in [3.63, 3.8) is 0 Å². The van der Waals surface area contributed by atoms with Crippen LogP contribution >= 0.6 is 12.2 Å². The van der Waals surface area contributed by atoms with E-state index in [2.05, 4.69) is 4.85 Å². The second-order valence-electron chi connectivity index (χ2n) is 7.55. The molecule has 1 saturated heterocycles. The van der Waals surface area contributed by atoms with Crippen molar-refractivity contribution in [2.45, 2.75) is 31.7 Å². The first-order chi connectivity index (χ1) is 14.4. The Kier molecular flexibility index (Phi) is 4.88. The minimum atomic E-state index is -0.659. The van der Waals surface area contributed by atoms with Crippen molar-refractivity contribution < 1.29 is 9.59 Å². The first-order valence-electron chi connectivity index (χ1n) is 9.62. The summed E-state index contributed by atoms with van der Waals surface area (Å²) in [5.74, 6) is -0.527. The van der Waals surface area contributed by atoms with E-state index in [9.17, 15) is 9.59 Å². The van der Waals surface area contributed by atoms with Crippen molar-refractivity contribution in [1.29, 1.82) is 0 Å². The fourth-order valence-electron chi connectivity index (χ4n) is 4.03. The van der Waals surface area contributed by atoms with Gasteiger partial charge in [-0.2, -0.15) is 0 Å². The minimum absolute atomic E-state index is 0.0218. The van der Waals surface area contributed by atoms with Crippen LogP contribution < -0.4 is 15.5 Å². The second kappa shape index (κ2) is 7.39. The van der Waals surface area contributed by atoms with Crippen LogP contribution in [0.15, 0.2) is 48.5 Å². The molecule has 4 rings (SSSR count). The molecule has 2 aliphatic rings. The average molecular weight is 417 g/mol. The van der Waals surface area contributed by atoms with E-state index in [4.69, 9.17) is 24.5 Å². The van der Waals surface area contributed by atoms with Gasteiger partial charge in [-0.15, -0.1) is 0 Å². The van der Waals surface area contributed by atoms with Crippen LogP contribution in [-0.4, -0.2) is 22.5 Å². The summed E-state index contributed by atoms with van der Waals surface area (Å²) >= 11 is 5.77. The number of nitrogens with two attached hydrogens (primary N) is 1. The molecule has 6 nitrogen and oxygen atoms in total. The van der Waals surface area contributed by atoms with Gasteiger partial charge < -0.3 is 10.6 Å². The van der Waals surface area contributed by atoms with Crippen LogP contribution in [0.1, 0.15) is 30.4 Å². The van der Waals surface area contributed by atoms with E-state index < -0.39 is 11.4 Å².